The van der Waals surface area contributed by atoms with Crippen molar-refractivity contribution in [1.82, 2.24) is 0 Å². The van der Waals surface area contributed by atoms with Crippen molar-refractivity contribution < 1.29 is 49.4 Å². The van der Waals surface area contributed by atoms with Crippen LogP contribution >= 0.6 is 0 Å². The molecule has 0 aliphatic carbocycles. The molecule has 1 unspecified atom stereocenters. The summed E-state index contributed by atoms with van der Waals surface area (Å²) in [4.78, 5) is 21.5. The van der Waals surface area contributed by atoms with Crippen LogP contribution in [0.3, 0.4) is 0 Å². The molecule has 0 aliphatic heterocycles. The van der Waals surface area contributed by atoms with Gasteiger partial charge in [-0.15, -0.1) is 0 Å². The summed E-state index contributed by atoms with van der Waals surface area (Å²) in [6.07, 6.45) is 24.6. The summed E-state index contributed by atoms with van der Waals surface area (Å²) >= 11 is 0. The SMILES string of the molecule is CCCCCCCCCCCCCC/C=C/CCCCC(CC(=O)[O-])C(=O)O.[Na+]. The van der Waals surface area contributed by atoms with Crippen LogP contribution in [0.1, 0.15) is 122 Å². The molecular weight excluding hydrogens is 375 g/mol. The molecule has 0 bridgehead atoms. The Hall–Kier alpha value is -0.320. The van der Waals surface area contributed by atoms with Crippen LogP contribution in [0.5, 0.6) is 0 Å². The molecule has 29 heavy (non-hydrogen) atoms. The van der Waals surface area contributed by atoms with Gasteiger partial charge in [0.05, 0.1) is 5.92 Å². The Morgan fingerprint density at radius 3 is 1.59 bits per heavy atom. The average molecular weight is 419 g/mol. The van der Waals surface area contributed by atoms with Crippen LogP contribution in [0, 0.1) is 5.92 Å². The maximum absolute atomic E-state index is 10.9. The van der Waals surface area contributed by atoms with Crippen molar-refractivity contribution in [1.29, 1.82) is 0 Å². The first kappa shape index (κ1) is 30.9. The number of aliphatic carboxylic acids is 2. The number of carboxylic acids is 2. The zero-order chi connectivity index (χ0) is 20.9. The van der Waals surface area contributed by atoms with E-state index in [0.717, 1.165) is 25.7 Å². The summed E-state index contributed by atoms with van der Waals surface area (Å²) in [6.45, 7) is 2.26. The maximum atomic E-state index is 10.9. The zero-order valence-electron chi connectivity index (χ0n) is 19.1. The normalized spacial score (nSPS) is 12.0. The third-order valence-corrected chi connectivity index (χ3v) is 5.33. The van der Waals surface area contributed by atoms with Gasteiger partial charge in [-0.05, 0) is 32.1 Å². The van der Waals surface area contributed by atoms with Crippen LogP contribution in [-0.4, -0.2) is 17.0 Å². The van der Waals surface area contributed by atoms with Crippen LogP contribution < -0.4 is 34.7 Å². The standard InChI is InChI=1S/C24H44O4.Na/c1-2-3-4-5-6-7-8-9-10-11-12-13-14-15-16-17-18-19-20-22(24(27)28)21-23(25)26;/h15-16,22H,2-14,17-21H2,1H3,(H,25,26)(H,27,28);/q;+1/p-1/b16-15+;. The van der Waals surface area contributed by atoms with E-state index >= 15 is 0 Å². The first-order valence-corrected chi connectivity index (χ1v) is 11.7. The number of hydrogen-bond donors (Lipinski definition) is 1. The number of unbranched alkanes of at least 4 members (excludes halogenated alkanes) is 14. The van der Waals surface area contributed by atoms with E-state index in [9.17, 15) is 14.7 Å². The predicted molar refractivity (Wildman–Crippen MR) is 114 cm³/mol. The maximum Gasteiger partial charge on any atom is 1.00 e. The summed E-state index contributed by atoms with van der Waals surface area (Å²) in [7, 11) is 0. The van der Waals surface area contributed by atoms with E-state index in [2.05, 4.69) is 19.1 Å². The first-order chi connectivity index (χ1) is 13.6. The quantitative estimate of drug-likeness (QED) is 0.177. The number of carboxylic acid groups (broad SMARTS) is 2. The number of carbonyl (C=O) groups is 2. The van der Waals surface area contributed by atoms with E-state index in [1.54, 1.807) is 0 Å². The summed E-state index contributed by atoms with van der Waals surface area (Å²) in [5, 5.41) is 19.5. The van der Waals surface area contributed by atoms with Crippen molar-refractivity contribution in [3.63, 3.8) is 0 Å². The summed E-state index contributed by atoms with van der Waals surface area (Å²) < 4.78 is 0. The summed E-state index contributed by atoms with van der Waals surface area (Å²) in [6, 6.07) is 0. The van der Waals surface area contributed by atoms with E-state index in [1.807, 2.05) is 0 Å². The summed E-state index contributed by atoms with van der Waals surface area (Å²) in [5.74, 6) is -3.13. The van der Waals surface area contributed by atoms with Gasteiger partial charge in [-0.2, -0.15) is 0 Å². The number of carbonyl (C=O) groups excluding carboxylic acids is 1. The van der Waals surface area contributed by atoms with Gasteiger partial charge in [0, 0.05) is 12.4 Å². The van der Waals surface area contributed by atoms with Gasteiger partial charge in [-0.3, -0.25) is 4.79 Å². The third-order valence-electron chi connectivity index (χ3n) is 5.33. The second-order valence-corrected chi connectivity index (χ2v) is 8.04. The minimum absolute atomic E-state index is 0. The van der Waals surface area contributed by atoms with Gasteiger partial charge in [0.15, 0.2) is 0 Å². The fourth-order valence-electron chi connectivity index (χ4n) is 3.51. The molecule has 0 saturated carbocycles. The van der Waals surface area contributed by atoms with Crippen molar-refractivity contribution in [2.45, 2.75) is 122 Å². The largest absolute Gasteiger partial charge is 1.00 e. The van der Waals surface area contributed by atoms with Gasteiger partial charge >= 0.3 is 35.5 Å². The first-order valence-electron chi connectivity index (χ1n) is 11.7. The monoisotopic (exact) mass is 418 g/mol. The van der Waals surface area contributed by atoms with E-state index in [1.165, 1.54) is 77.0 Å². The second-order valence-electron chi connectivity index (χ2n) is 8.04. The second kappa shape index (κ2) is 24.0. The van der Waals surface area contributed by atoms with Gasteiger partial charge in [0.25, 0.3) is 0 Å². The van der Waals surface area contributed by atoms with Crippen molar-refractivity contribution in [2.75, 3.05) is 0 Å². The molecule has 0 aromatic rings. The van der Waals surface area contributed by atoms with E-state index < -0.39 is 17.9 Å². The van der Waals surface area contributed by atoms with Gasteiger partial charge in [0.1, 0.15) is 0 Å². The molecule has 5 heteroatoms. The zero-order valence-corrected chi connectivity index (χ0v) is 21.1. The Kier molecular flexibility index (Phi) is 25.5. The molecule has 0 heterocycles. The molecule has 164 valence electrons. The van der Waals surface area contributed by atoms with Gasteiger partial charge < -0.3 is 15.0 Å². The number of hydrogen-bond acceptors (Lipinski definition) is 3. The average Bonchev–Trinajstić information content (AvgIpc) is 2.65. The minimum atomic E-state index is -1.28. The Labute approximate surface area is 201 Å². The molecule has 0 rings (SSSR count). The molecule has 0 aromatic heterocycles. The van der Waals surface area contributed by atoms with Crippen molar-refractivity contribution in [3.05, 3.63) is 12.2 Å². The molecule has 0 spiro atoms. The molecule has 0 aromatic carbocycles. The molecule has 0 radical (unpaired) electrons. The molecule has 1 atom stereocenters. The topological polar surface area (TPSA) is 77.4 Å². The van der Waals surface area contributed by atoms with Crippen molar-refractivity contribution >= 4 is 11.9 Å². The van der Waals surface area contributed by atoms with Gasteiger partial charge in [0.2, 0.25) is 0 Å². The molecular formula is C24H43NaO4. The molecule has 0 amide bonds. The van der Waals surface area contributed by atoms with Crippen LogP contribution in [0.25, 0.3) is 0 Å². The minimum Gasteiger partial charge on any atom is -0.550 e. The molecule has 0 aliphatic rings. The van der Waals surface area contributed by atoms with E-state index in [4.69, 9.17) is 5.11 Å². The smallest absolute Gasteiger partial charge is 0.550 e. The summed E-state index contributed by atoms with van der Waals surface area (Å²) in [5.41, 5.74) is 0. The fourth-order valence-corrected chi connectivity index (χ4v) is 3.51. The predicted octanol–water partition coefficient (Wildman–Crippen LogP) is 3.04. The van der Waals surface area contributed by atoms with Crippen LogP contribution in [0.4, 0.5) is 0 Å². The van der Waals surface area contributed by atoms with E-state index in [-0.39, 0.29) is 36.0 Å². The van der Waals surface area contributed by atoms with E-state index in [0.29, 0.717) is 6.42 Å². The number of rotatable bonds is 21. The number of allylic oxidation sites excluding steroid dienone is 2. The van der Waals surface area contributed by atoms with Crippen LogP contribution in [-0.2, 0) is 9.59 Å². The Morgan fingerprint density at radius 1 is 0.759 bits per heavy atom. The Balaban J connectivity index is 0. The third kappa shape index (κ3) is 23.8. The van der Waals surface area contributed by atoms with Crippen LogP contribution in [0.15, 0.2) is 12.2 Å². The van der Waals surface area contributed by atoms with Crippen molar-refractivity contribution in [3.8, 4) is 0 Å². The Bertz CT molecular complexity index is 410. The van der Waals surface area contributed by atoms with Gasteiger partial charge in [-0.1, -0.05) is 96.1 Å². The Morgan fingerprint density at radius 2 is 1.17 bits per heavy atom. The molecule has 0 fully saturated rings. The van der Waals surface area contributed by atoms with Crippen LogP contribution in [0.2, 0.25) is 0 Å². The van der Waals surface area contributed by atoms with Crippen molar-refractivity contribution in [2.24, 2.45) is 5.92 Å². The molecule has 4 nitrogen and oxygen atoms in total. The van der Waals surface area contributed by atoms with Gasteiger partial charge in [-0.25, -0.2) is 0 Å². The molecule has 0 saturated heterocycles. The fraction of sp³-hybridized carbons (Fsp3) is 0.833. The molecule has 1 N–H and O–H groups in total.